The van der Waals surface area contributed by atoms with Crippen LogP contribution in [0.1, 0.15) is 11.4 Å². The molecule has 0 bridgehead atoms. The van der Waals surface area contributed by atoms with Crippen molar-refractivity contribution in [1.29, 1.82) is 0 Å². The minimum absolute atomic E-state index is 0.0727. The molecule has 2 aromatic heterocycles. The van der Waals surface area contributed by atoms with Crippen LogP contribution in [0.4, 0.5) is 34.9 Å². The van der Waals surface area contributed by atoms with Gasteiger partial charge in [0.1, 0.15) is 23.3 Å². The maximum Gasteiger partial charge on any atom is 0.419 e. The number of imidazole rings is 1. The summed E-state index contributed by atoms with van der Waals surface area (Å²) in [5.41, 5.74) is 5.92. The first kappa shape index (κ1) is 19.9. The fourth-order valence-electron chi connectivity index (χ4n) is 3.01. The first-order valence-corrected chi connectivity index (χ1v) is 8.93. The predicted molar refractivity (Wildman–Crippen MR) is 106 cm³/mol. The molecule has 30 heavy (non-hydrogen) atoms. The molecule has 4 rings (SSSR count). The van der Waals surface area contributed by atoms with Gasteiger partial charge in [-0.15, -0.1) is 0 Å². The van der Waals surface area contributed by atoms with Crippen LogP contribution in [0.25, 0.3) is 17.0 Å². The average molecular weight is 437 g/mol. The van der Waals surface area contributed by atoms with E-state index in [1.165, 1.54) is 6.07 Å². The number of hydrogen-bond donors (Lipinski definition) is 2. The van der Waals surface area contributed by atoms with Gasteiger partial charge in [-0.3, -0.25) is 4.57 Å². The van der Waals surface area contributed by atoms with Crippen LogP contribution in [-0.2, 0) is 6.18 Å². The van der Waals surface area contributed by atoms with Gasteiger partial charge in [0, 0.05) is 16.8 Å². The van der Waals surface area contributed by atoms with Gasteiger partial charge in [0.15, 0.2) is 0 Å². The smallest absolute Gasteiger partial charge is 0.383 e. The Kier molecular flexibility index (Phi) is 4.73. The Balaban J connectivity index is 1.73. The molecule has 154 valence electrons. The monoisotopic (exact) mass is 436 g/mol. The third-order valence-electron chi connectivity index (χ3n) is 4.27. The van der Waals surface area contributed by atoms with Gasteiger partial charge in [0.25, 0.3) is 0 Å². The third-order valence-corrected chi connectivity index (χ3v) is 4.50. The Morgan fingerprint density at radius 2 is 1.80 bits per heavy atom. The minimum atomic E-state index is -4.78. The molecule has 0 fully saturated rings. The first-order chi connectivity index (χ1) is 14.1. The Hall–Kier alpha value is -3.40. The van der Waals surface area contributed by atoms with Crippen LogP contribution in [-0.4, -0.2) is 19.5 Å². The summed E-state index contributed by atoms with van der Waals surface area (Å²) in [5.74, 6) is -0.364. The number of nitrogens with one attached hydrogen (secondary N) is 1. The lowest BCUT2D eigenvalue weighted by Gasteiger charge is -2.12. The second kappa shape index (κ2) is 7.13. The van der Waals surface area contributed by atoms with Crippen molar-refractivity contribution in [2.75, 3.05) is 11.1 Å². The number of nitrogen functional groups attached to an aromatic ring is 1. The van der Waals surface area contributed by atoms with Gasteiger partial charge in [0.05, 0.1) is 16.6 Å². The number of fused-ring (bicyclic) bond motifs is 1. The molecule has 2 heterocycles. The van der Waals surface area contributed by atoms with E-state index in [9.17, 15) is 17.6 Å². The highest BCUT2D eigenvalue weighted by atomic mass is 35.5. The lowest BCUT2D eigenvalue weighted by Crippen LogP contribution is -2.09. The summed E-state index contributed by atoms with van der Waals surface area (Å²) in [4.78, 5) is 13.0. The van der Waals surface area contributed by atoms with Crippen LogP contribution in [0.3, 0.4) is 0 Å². The zero-order valence-electron chi connectivity index (χ0n) is 15.3. The van der Waals surface area contributed by atoms with Gasteiger partial charge in [-0.2, -0.15) is 23.1 Å². The maximum atomic E-state index is 13.9. The molecule has 0 spiro atoms. The molecular weight excluding hydrogens is 424 g/mol. The van der Waals surface area contributed by atoms with Crippen LogP contribution in [0.2, 0.25) is 5.02 Å². The highest BCUT2D eigenvalue weighted by molar-refractivity contribution is 6.31. The van der Waals surface area contributed by atoms with Crippen LogP contribution in [0.15, 0.2) is 42.5 Å². The Labute approximate surface area is 172 Å². The molecule has 0 aliphatic carbocycles. The number of rotatable bonds is 3. The number of alkyl halides is 3. The van der Waals surface area contributed by atoms with Crippen molar-refractivity contribution in [3.8, 4) is 5.95 Å². The number of nitrogens with two attached hydrogens (primary N) is 1. The quantitative estimate of drug-likeness (QED) is 0.428. The van der Waals surface area contributed by atoms with Crippen LogP contribution in [0, 0.1) is 12.7 Å². The second-order valence-electron chi connectivity index (χ2n) is 6.42. The molecule has 4 aromatic rings. The molecule has 3 N–H and O–H groups in total. The molecule has 0 atom stereocenters. The molecule has 11 heteroatoms. The molecular formula is C19H13ClF4N6. The van der Waals surface area contributed by atoms with Crippen molar-refractivity contribution in [2.45, 2.75) is 13.1 Å². The van der Waals surface area contributed by atoms with Crippen LogP contribution in [0.5, 0.6) is 0 Å². The van der Waals surface area contributed by atoms with Crippen molar-refractivity contribution >= 4 is 40.0 Å². The van der Waals surface area contributed by atoms with Crippen LogP contribution >= 0.6 is 11.6 Å². The fraction of sp³-hybridized carbons (Fsp3) is 0.105. The predicted octanol–water partition coefficient (Wildman–Crippen LogP) is 5.26. The normalized spacial score (nSPS) is 11.8. The van der Waals surface area contributed by atoms with Crippen molar-refractivity contribution in [1.82, 2.24) is 19.5 Å². The van der Waals surface area contributed by atoms with Gasteiger partial charge in [0.2, 0.25) is 5.95 Å². The van der Waals surface area contributed by atoms with Crippen molar-refractivity contribution in [3.05, 3.63) is 64.7 Å². The summed E-state index contributed by atoms with van der Waals surface area (Å²) >= 11 is 6.01. The van der Waals surface area contributed by atoms with E-state index < -0.39 is 17.6 Å². The summed E-state index contributed by atoms with van der Waals surface area (Å²) in [6.45, 7) is 1.75. The second-order valence-corrected chi connectivity index (χ2v) is 6.86. The van der Waals surface area contributed by atoms with E-state index in [-0.39, 0.29) is 23.3 Å². The summed E-state index contributed by atoms with van der Waals surface area (Å²) in [6, 6.07) is 9.01. The van der Waals surface area contributed by atoms with E-state index in [1.807, 2.05) is 0 Å². The lowest BCUT2D eigenvalue weighted by atomic mass is 10.2. The first-order valence-electron chi connectivity index (χ1n) is 8.55. The topological polar surface area (TPSA) is 81.7 Å². The summed E-state index contributed by atoms with van der Waals surface area (Å²) in [7, 11) is 0. The Morgan fingerprint density at radius 1 is 1.03 bits per heavy atom. The largest absolute Gasteiger partial charge is 0.419 e. The molecule has 0 saturated carbocycles. The van der Waals surface area contributed by atoms with Gasteiger partial charge in [-0.1, -0.05) is 11.6 Å². The molecule has 0 unspecified atom stereocenters. The number of nitrogens with zero attached hydrogens (tertiary/aromatic N) is 4. The summed E-state index contributed by atoms with van der Waals surface area (Å²) in [5, 5.41) is 3.27. The van der Waals surface area contributed by atoms with Gasteiger partial charge in [-0.05, 0) is 43.3 Å². The number of benzene rings is 2. The van der Waals surface area contributed by atoms with Crippen LogP contribution < -0.4 is 11.1 Å². The van der Waals surface area contributed by atoms with E-state index in [4.69, 9.17) is 17.3 Å². The maximum absolute atomic E-state index is 13.9. The zero-order valence-corrected chi connectivity index (χ0v) is 16.1. The van der Waals surface area contributed by atoms with E-state index in [2.05, 4.69) is 20.3 Å². The fourth-order valence-corrected chi connectivity index (χ4v) is 3.18. The average Bonchev–Trinajstić information content (AvgIpc) is 2.94. The molecule has 6 nitrogen and oxygen atoms in total. The number of halogens is 5. The van der Waals surface area contributed by atoms with Gasteiger partial charge >= 0.3 is 6.18 Å². The van der Waals surface area contributed by atoms with E-state index >= 15 is 0 Å². The Bertz CT molecular complexity index is 1270. The van der Waals surface area contributed by atoms with Crippen molar-refractivity contribution < 1.29 is 17.6 Å². The van der Waals surface area contributed by atoms with Gasteiger partial charge in [-0.25, -0.2) is 9.37 Å². The third kappa shape index (κ3) is 3.73. The molecule has 0 aliphatic heterocycles. The standard InChI is InChI=1S/C19H13ClF4N6/c1-9-26-14-6-10(20)2-5-15(14)30(9)18-28-16(25)8-17(29-18)27-11-3-4-12(13(21)7-11)19(22,23)24/h2-8H,1H3,(H3,25,27,28,29). The van der Waals surface area contributed by atoms with Crippen molar-refractivity contribution in [3.63, 3.8) is 0 Å². The summed E-state index contributed by atoms with van der Waals surface area (Å²) in [6.07, 6.45) is -4.78. The number of aromatic nitrogens is 4. The van der Waals surface area contributed by atoms with E-state index in [0.717, 1.165) is 12.1 Å². The SMILES string of the molecule is Cc1nc2cc(Cl)ccc2n1-c1nc(N)cc(Nc2ccc(C(F)(F)F)c(F)c2)n1. The number of anilines is 3. The van der Waals surface area contributed by atoms with E-state index in [0.29, 0.717) is 27.9 Å². The molecule has 0 saturated heterocycles. The lowest BCUT2D eigenvalue weighted by molar-refractivity contribution is -0.139. The molecule has 0 amide bonds. The minimum Gasteiger partial charge on any atom is -0.383 e. The molecule has 0 radical (unpaired) electrons. The Morgan fingerprint density at radius 3 is 2.50 bits per heavy atom. The zero-order chi connectivity index (χ0) is 21.6. The molecule has 0 aliphatic rings. The number of hydrogen-bond acceptors (Lipinski definition) is 5. The highest BCUT2D eigenvalue weighted by Crippen LogP contribution is 2.33. The highest BCUT2D eigenvalue weighted by Gasteiger charge is 2.33. The van der Waals surface area contributed by atoms with Crippen molar-refractivity contribution in [2.24, 2.45) is 0 Å². The van der Waals surface area contributed by atoms with Gasteiger partial charge < -0.3 is 11.1 Å². The number of aryl methyl sites for hydroxylation is 1. The molecule has 2 aromatic carbocycles. The summed E-state index contributed by atoms with van der Waals surface area (Å²) < 4.78 is 53.7. The van der Waals surface area contributed by atoms with E-state index in [1.54, 1.807) is 29.7 Å².